The van der Waals surface area contributed by atoms with Crippen molar-refractivity contribution in [2.75, 3.05) is 27.7 Å². The van der Waals surface area contributed by atoms with Gasteiger partial charge in [-0.2, -0.15) is 0 Å². The first-order valence-corrected chi connectivity index (χ1v) is 6.82. The number of hydrogen-bond acceptors (Lipinski definition) is 3. The van der Waals surface area contributed by atoms with E-state index in [0.717, 1.165) is 4.47 Å². The molecule has 5 heteroatoms. The van der Waals surface area contributed by atoms with Gasteiger partial charge in [0.1, 0.15) is 0 Å². The second-order valence-electron chi connectivity index (χ2n) is 4.75. The molecule has 19 heavy (non-hydrogen) atoms. The van der Waals surface area contributed by atoms with E-state index in [1.807, 2.05) is 19.1 Å². The molecule has 4 nitrogen and oxygen atoms in total. The molecule has 1 unspecified atom stereocenters. The van der Waals surface area contributed by atoms with E-state index in [1.165, 1.54) is 4.90 Å². The van der Waals surface area contributed by atoms with Gasteiger partial charge in [0, 0.05) is 24.1 Å². The van der Waals surface area contributed by atoms with Gasteiger partial charge in [0.15, 0.2) is 5.78 Å². The summed E-state index contributed by atoms with van der Waals surface area (Å²) >= 11 is 3.34. The number of rotatable bonds is 5. The van der Waals surface area contributed by atoms with E-state index < -0.39 is 0 Å². The molecule has 1 rings (SSSR count). The predicted molar refractivity (Wildman–Crippen MR) is 79.3 cm³/mol. The molecule has 1 aromatic carbocycles. The zero-order valence-electron chi connectivity index (χ0n) is 11.7. The first-order valence-electron chi connectivity index (χ1n) is 6.03. The predicted octanol–water partition coefficient (Wildman–Crippen LogP) is 2.04. The number of carbonyl (C=O) groups excluding carboxylic acids is 2. The summed E-state index contributed by atoms with van der Waals surface area (Å²) in [6.07, 6.45) is 0. The van der Waals surface area contributed by atoms with Crippen LogP contribution in [0.4, 0.5) is 0 Å². The van der Waals surface area contributed by atoms with Gasteiger partial charge in [-0.05, 0) is 26.1 Å². The number of halogens is 1. The zero-order chi connectivity index (χ0) is 14.6. The molecule has 1 atom stereocenters. The molecular formula is C14H19BrN2O2. The third-order valence-electron chi connectivity index (χ3n) is 3.05. The Morgan fingerprint density at radius 3 is 2.16 bits per heavy atom. The van der Waals surface area contributed by atoms with Crippen molar-refractivity contribution in [2.45, 2.75) is 13.0 Å². The van der Waals surface area contributed by atoms with Crippen LogP contribution in [0.5, 0.6) is 0 Å². The highest BCUT2D eigenvalue weighted by Gasteiger charge is 2.21. The smallest absolute Gasteiger partial charge is 0.236 e. The minimum absolute atomic E-state index is 0.0153. The highest BCUT2D eigenvalue weighted by Crippen LogP contribution is 2.13. The largest absolute Gasteiger partial charge is 0.348 e. The van der Waals surface area contributed by atoms with Crippen molar-refractivity contribution < 1.29 is 9.59 Å². The lowest BCUT2D eigenvalue weighted by atomic mass is 10.0. The van der Waals surface area contributed by atoms with Crippen molar-refractivity contribution in [2.24, 2.45) is 0 Å². The molecule has 0 aliphatic carbocycles. The fourth-order valence-corrected chi connectivity index (χ4v) is 1.81. The molecule has 0 saturated carbocycles. The molecule has 1 aromatic rings. The van der Waals surface area contributed by atoms with Crippen molar-refractivity contribution in [1.82, 2.24) is 9.80 Å². The van der Waals surface area contributed by atoms with E-state index in [2.05, 4.69) is 15.9 Å². The fraction of sp³-hybridized carbons (Fsp3) is 0.429. The van der Waals surface area contributed by atoms with Crippen LogP contribution in [0.15, 0.2) is 28.7 Å². The van der Waals surface area contributed by atoms with Crippen LogP contribution in [0.3, 0.4) is 0 Å². The van der Waals surface area contributed by atoms with Crippen molar-refractivity contribution in [3.63, 3.8) is 0 Å². The highest BCUT2D eigenvalue weighted by molar-refractivity contribution is 9.10. The summed E-state index contributed by atoms with van der Waals surface area (Å²) < 4.78 is 0.938. The number of benzene rings is 1. The van der Waals surface area contributed by atoms with Crippen LogP contribution in [0.1, 0.15) is 17.3 Å². The van der Waals surface area contributed by atoms with Gasteiger partial charge in [-0.3, -0.25) is 14.5 Å². The van der Waals surface area contributed by atoms with Gasteiger partial charge in [-0.15, -0.1) is 0 Å². The van der Waals surface area contributed by atoms with Gasteiger partial charge in [0.25, 0.3) is 0 Å². The molecule has 0 saturated heterocycles. The second kappa shape index (κ2) is 6.82. The summed E-state index contributed by atoms with van der Waals surface area (Å²) in [5.41, 5.74) is 0.653. The average molecular weight is 327 g/mol. The fourth-order valence-electron chi connectivity index (χ4n) is 1.55. The molecule has 0 radical (unpaired) electrons. The third-order valence-corrected chi connectivity index (χ3v) is 3.58. The number of likely N-dealkylation sites (N-methyl/N-ethyl adjacent to an activating group) is 2. The second-order valence-corrected chi connectivity index (χ2v) is 5.67. The van der Waals surface area contributed by atoms with Crippen LogP contribution in [0.25, 0.3) is 0 Å². The Bertz CT molecular complexity index is 457. The number of ketones is 1. The number of hydrogen-bond donors (Lipinski definition) is 0. The van der Waals surface area contributed by atoms with Crippen LogP contribution in [-0.2, 0) is 4.79 Å². The van der Waals surface area contributed by atoms with Crippen LogP contribution < -0.4 is 0 Å². The van der Waals surface area contributed by atoms with E-state index in [9.17, 15) is 9.59 Å². The van der Waals surface area contributed by atoms with Crippen molar-refractivity contribution in [3.05, 3.63) is 34.3 Å². The normalized spacial score (nSPS) is 12.3. The van der Waals surface area contributed by atoms with E-state index in [-0.39, 0.29) is 24.3 Å². The summed E-state index contributed by atoms with van der Waals surface area (Å²) in [6.45, 7) is 2.05. The van der Waals surface area contributed by atoms with Crippen molar-refractivity contribution in [3.8, 4) is 0 Å². The lowest BCUT2D eigenvalue weighted by molar-refractivity contribution is -0.129. The van der Waals surface area contributed by atoms with Gasteiger partial charge < -0.3 is 4.90 Å². The number of nitrogens with zero attached hydrogens (tertiary/aromatic N) is 2. The molecular weight excluding hydrogens is 308 g/mol. The van der Waals surface area contributed by atoms with Crippen molar-refractivity contribution in [1.29, 1.82) is 0 Å². The van der Waals surface area contributed by atoms with Gasteiger partial charge >= 0.3 is 0 Å². The Morgan fingerprint density at radius 1 is 1.16 bits per heavy atom. The molecule has 0 heterocycles. The Labute approximate surface area is 122 Å². The Balaban J connectivity index is 2.71. The summed E-state index contributed by atoms with van der Waals surface area (Å²) in [6, 6.07) is 6.91. The van der Waals surface area contributed by atoms with Crippen LogP contribution in [-0.4, -0.2) is 55.2 Å². The average Bonchev–Trinajstić information content (AvgIpc) is 2.37. The van der Waals surface area contributed by atoms with Crippen molar-refractivity contribution >= 4 is 27.6 Å². The lowest BCUT2D eigenvalue weighted by Crippen LogP contribution is -2.42. The zero-order valence-corrected chi connectivity index (χ0v) is 13.3. The number of amides is 1. The number of Topliss-reactive ketones (excluding diaryl/α,β-unsaturated/α-hetero) is 1. The highest BCUT2D eigenvalue weighted by atomic mass is 79.9. The standard InChI is InChI=1S/C14H19BrN2O2/c1-10(17(4)9-13(18)16(2)3)14(19)11-5-7-12(15)8-6-11/h5-8,10H,9H2,1-4H3. The molecule has 0 aliphatic rings. The Kier molecular flexibility index (Phi) is 5.69. The summed E-state index contributed by atoms with van der Waals surface area (Å²) in [7, 11) is 5.19. The monoisotopic (exact) mass is 326 g/mol. The van der Waals surface area contributed by atoms with Crippen LogP contribution >= 0.6 is 15.9 Å². The maximum absolute atomic E-state index is 12.3. The lowest BCUT2D eigenvalue weighted by Gasteiger charge is -2.24. The minimum atomic E-state index is -0.329. The minimum Gasteiger partial charge on any atom is -0.348 e. The summed E-state index contributed by atoms with van der Waals surface area (Å²) in [5, 5.41) is 0. The molecule has 0 aromatic heterocycles. The van der Waals surface area contributed by atoms with Gasteiger partial charge in [0.05, 0.1) is 12.6 Å². The maximum Gasteiger partial charge on any atom is 0.236 e. The Hall–Kier alpha value is -1.20. The summed E-state index contributed by atoms with van der Waals surface area (Å²) in [4.78, 5) is 27.2. The van der Waals surface area contributed by atoms with Gasteiger partial charge in [0.2, 0.25) is 5.91 Å². The number of carbonyl (C=O) groups is 2. The first kappa shape index (κ1) is 15.9. The molecule has 0 fully saturated rings. The van der Waals surface area contributed by atoms with Gasteiger partial charge in [-0.1, -0.05) is 28.1 Å². The summed E-state index contributed by atoms with van der Waals surface area (Å²) in [5.74, 6) is -0.000452. The maximum atomic E-state index is 12.3. The van der Waals surface area contributed by atoms with E-state index in [0.29, 0.717) is 5.56 Å². The molecule has 0 aliphatic heterocycles. The van der Waals surface area contributed by atoms with Crippen LogP contribution in [0.2, 0.25) is 0 Å². The van der Waals surface area contributed by atoms with E-state index in [4.69, 9.17) is 0 Å². The van der Waals surface area contributed by atoms with E-state index >= 15 is 0 Å². The first-order chi connectivity index (χ1) is 8.82. The SMILES string of the molecule is CC(C(=O)c1ccc(Br)cc1)N(C)CC(=O)N(C)C. The van der Waals surface area contributed by atoms with Gasteiger partial charge in [-0.25, -0.2) is 0 Å². The van der Waals surface area contributed by atoms with Crippen LogP contribution in [0, 0.1) is 0 Å². The molecule has 0 spiro atoms. The molecule has 1 amide bonds. The quantitative estimate of drug-likeness (QED) is 0.777. The topological polar surface area (TPSA) is 40.6 Å². The Morgan fingerprint density at radius 2 is 1.68 bits per heavy atom. The van der Waals surface area contributed by atoms with E-state index in [1.54, 1.807) is 38.2 Å². The molecule has 104 valence electrons. The molecule has 0 bridgehead atoms. The molecule has 0 N–H and O–H groups in total. The third kappa shape index (κ3) is 4.44.